The van der Waals surface area contributed by atoms with Crippen molar-refractivity contribution in [1.29, 1.82) is 5.26 Å². The number of ether oxygens (including phenoxy) is 1. The first kappa shape index (κ1) is 33.9. The predicted octanol–water partition coefficient (Wildman–Crippen LogP) is 7.44. The number of anilines is 1. The third-order valence-corrected chi connectivity index (χ3v) is 8.24. The molecule has 1 aliphatic rings. The number of hydrogen-bond donors (Lipinski definition) is 1. The van der Waals surface area contributed by atoms with E-state index in [1.54, 1.807) is 13.8 Å². The Morgan fingerprint density at radius 3 is 2.36 bits per heavy atom. The van der Waals surface area contributed by atoms with Gasteiger partial charge in [-0.05, 0) is 109 Å². The number of likely N-dealkylation sites (tertiary alicyclic amines) is 1. The van der Waals surface area contributed by atoms with Gasteiger partial charge in [-0.15, -0.1) is 0 Å². The second-order valence-electron chi connectivity index (χ2n) is 13.4. The number of unbranched alkanes of at least 4 members (excludes halogenated alkanes) is 2. The van der Waals surface area contributed by atoms with Crippen molar-refractivity contribution >= 4 is 11.7 Å². The van der Waals surface area contributed by atoms with E-state index in [-0.39, 0.29) is 17.8 Å². The Labute approximate surface area is 266 Å². The van der Waals surface area contributed by atoms with Gasteiger partial charge in [-0.25, -0.2) is 9.18 Å². The molecule has 1 N–H and O–H groups in total. The monoisotopic (exact) mass is 619 g/mol. The van der Waals surface area contributed by atoms with Crippen LogP contribution in [0.15, 0.2) is 53.1 Å². The minimum absolute atomic E-state index is 0.0179. The number of benzene rings is 2. The molecule has 0 unspecified atom stereocenters. The maximum Gasteiger partial charge on any atom is 0.324 e. The summed E-state index contributed by atoms with van der Waals surface area (Å²) in [6.45, 7) is 11.6. The van der Waals surface area contributed by atoms with Crippen molar-refractivity contribution in [2.75, 3.05) is 24.5 Å². The molecular weight excluding hydrogens is 573 g/mol. The smallest absolute Gasteiger partial charge is 0.324 e. The summed E-state index contributed by atoms with van der Waals surface area (Å²) in [5, 5.41) is 23.7. The number of nitriles is 1. The molecule has 2 heterocycles. The van der Waals surface area contributed by atoms with Crippen molar-refractivity contribution < 1.29 is 23.6 Å². The van der Waals surface area contributed by atoms with Crippen molar-refractivity contribution in [3.05, 3.63) is 60.2 Å². The van der Waals surface area contributed by atoms with E-state index >= 15 is 0 Å². The number of carbonyl (C=O) groups is 1. The van der Waals surface area contributed by atoms with Crippen LogP contribution in [0.2, 0.25) is 0 Å². The second-order valence-corrected chi connectivity index (χ2v) is 13.4. The first-order valence-corrected chi connectivity index (χ1v) is 15.8. The molecular formula is C35H46FN5O4. The van der Waals surface area contributed by atoms with Crippen LogP contribution in [0.1, 0.15) is 85.4 Å². The number of alkyl halides is 1. The van der Waals surface area contributed by atoms with E-state index in [0.717, 1.165) is 48.9 Å². The lowest BCUT2D eigenvalue weighted by Gasteiger charge is -2.39. The van der Waals surface area contributed by atoms with Gasteiger partial charge in [0.15, 0.2) is 17.1 Å². The fraction of sp³-hybridized carbons (Fsp3) is 0.543. The quantitative estimate of drug-likeness (QED) is 0.209. The third kappa shape index (κ3) is 9.27. The topological polar surface area (TPSA) is 116 Å². The van der Waals surface area contributed by atoms with E-state index in [0.29, 0.717) is 37.6 Å². The van der Waals surface area contributed by atoms with E-state index in [1.165, 1.54) is 13.8 Å². The van der Waals surface area contributed by atoms with Crippen molar-refractivity contribution in [2.24, 2.45) is 5.92 Å². The maximum atomic E-state index is 14.1. The van der Waals surface area contributed by atoms with Gasteiger partial charge in [0.2, 0.25) is 0 Å². The fourth-order valence-corrected chi connectivity index (χ4v) is 5.50. The van der Waals surface area contributed by atoms with Crippen LogP contribution < -0.4 is 9.64 Å². The zero-order chi connectivity index (χ0) is 32.8. The number of halogens is 1. The van der Waals surface area contributed by atoms with E-state index in [4.69, 9.17) is 9.26 Å². The highest BCUT2D eigenvalue weighted by atomic mass is 19.1. The fourth-order valence-electron chi connectivity index (χ4n) is 5.50. The summed E-state index contributed by atoms with van der Waals surface area (Å²) < 4.78 is 24.9. The molecule has 2 amide bonds. The summed E-state index contributed by atoms with van der Waals surface area (Å²) in [4.78, 5) is 21.9. The Morgan fingerprint density at radius 1 is 1.07 bits per heavy atom. The molecule has 3 aromatic rings. The molecule has 0 aliphatic carbocycles. The van der Waals surface area contributed by atoms with Gasteiger partial charge in [-0.2, -0.15) is 10.2 Å². The summed E-state index contributed by atoms with van der Waals surface area (Å²) in [5.74, 6) is 1.23. The minimum atomic E-state index is -1.67. The summed E-state index contributed by atoms with van der Waals surface area (Å²) in [6, 6.07) is 17.6. The van der Waals surface area contributed by atoms with Gasteiger partial charge >= 0.3 is 6.03 Å². The summed E-state index contributed by atoms with van der Waals surface area (Å²) in [6.07, 6.45) is 4.44. The molecule has 1 aromatic heterocycles. The van der Waals surface area contributed by atoms with Crippen LogP contribution in [0.3, 0.4) is 0 Å². The summed E-state index contributed by atoms with van der Waals surface area (Å²) >= 11 is 0. The lowest BCUT2D eigenvalue weighted by molar-refractivity contribution is -0.00736. The Morgan fingerprint density at radius 2 is 1.76 bits per heavy atom. The standard InChI is InChI=1S/C35H46FN5O4/c1-33(2,24-37)44-29-16-14-25(15-17-29)26-11-10-12-28(23-26)41(32(42)40-21-18-27(19-22-40)35(5,6)43)20-9-7-8-13-30-38-31(45-39-30)34(3,4)36/h10-12,14-17,23,27,43H,7-9,13,18-22H2,1-6H3. The number of aromatic nitrogens is 2. The first-order chi connectivity index (χ1) is 21.2. The SMILES string of the molecule is CC(C)(C#N)Oc1ccc(-c2cccc(N(CCCCCc3noc(C(C)(C)F)n3)C(=O)N3CCC(C(C)(C)O)CC3)c2)cc1. The molecule has 1 aliphatic heterocycles. The number of piperidine rings is 1. The lowest BCUT2D eigenvalue weighted by atomic mass is 9.83. The zero-order valence-electron chi connectivity index (χ0n) is 27.3. The third-order valence-electron chi connectivity index (χ3n) is 8.24. The average molecular weight is 620 g/mol. The van der Waals surface area contributed by atoms with Crippen LogP contribution in [0, 0.1) is 17.2 Å². The van der Waals surface area contributed by atoms with Gasteiger partial charge in [0.05, 0.1) is 5.60 Å². The number of hydrogen-bond acceptors (Lipinski definition) is 7. The molecule has 0 radical (unpaired) electrons. The number of carbonyl (C=O) groups excluding carboxylic acids is 1. The van der Waals surface area contributed by atoms with Crippen LogP contribution in [0.5, 0.6) is 5.75 Å². The Balaban J connectivity index is 1.46. The largest absolute Gasteiger partial charge is 0.473 e. The van der Waals surface area contributed by atoms with Gasteiger partial charge in [0, 0.05) is 31.7 Å². The molecule has 2 aromatic carbocycles. The van der Waals surface area contributed by atoms with E-state index in [2.05, 4.69) is 16.2 Å². The van der Waals surface area contributed by atoms with Crippen molar-refractivity contribution in [2.45, 2.75) is 96.9 Å². The first-order valence-electron chi connectivity index (χ1n) is 15.8. The number of urea groups is 1. The molecule has 1 fully saturated rings. The van der Waals surface area contributed by atoms with Crippen LogP contribution in [0.25, 0.3) is 11.1 Å². The highest BCUT2D eigenvalue weighted by Crippen LogP contribution is 2.31. The lowest BCUT2D eigenvalue weighted by Crippen LogP contribution is -2.49. The molecule has 9 nitrogen and oxygen atoms in total. The summed E-state index contributed by atoms with van der Waals surface area (Å²) in [7, 11) is 0. The van der Waals surface area contributed by atoms with Crippen molar-refractivity contribution in [1.82, 2.24) is 15.0 Å². The molecule has 0 atom stereocenters. The molecule has 45 heavy (non-hydrogen) atoms. The van der Waals surface area contributed by atoms with Crippen LogP contribution in [0.4, 0.5) is 14.9 Å². The molecule has 1 saturated heterocycles. The van der Waals surface area contributed by atoms with Crippen molar-refractivity contribution in [3.8, 4) is 22.9 Å². The normalized spacial score (nSPS) is 14.7. The van der Waals surface area contributed by atoms with E-state index in [1.807, 2.05) is 72.2 Å². The van der Waals surface area contributed by atoms with Gasteiger partial charge in [-0.1, -0.05) is 35.8 Å². The van der Waals surface area contributed by atoms with Gasteiger partial charge in [-0.3, -0.25) is 4.90 Å². The molecule has 4 rings (SSSR count). The van der Waals surface area contributed by atoms with E-state index < -0.39 is 16.9 Å². The average Bonchev–Trinajstić information content (AvgIpc) is 3.48. The number of aliphatic hydroxyl groups is 1. The number of rotatable bonds is 12. The van der Waals surface area contributed by atoms with E-state index in [9.17, 15) is 19.6 Å². The Bertz CT molecular complexity index is 1460. The molecule has 242 valence electrons. The van der Waals surface area contributed by atoms with Gasteiger partial charge in [0.25, 0.3) is 5.89 Å². The van der Waals surface area contributed by atoms with Gasteiger partial charge < -0.3 is 19.3 Å². The molecule has 0 spiro atoms. The highest BCUT2D eigenvalue weighted by molar-refractivity contribution is 5.93. The molecule has 10 heteroatoms. The van der Waals surface area contributed by atoms with Crippen LogP contribution in [-0.2, 0) is 12.1 Å². The zero-order valence-corrected chi connectivity index (χ0v) is 27.3. The van der Waals surface area contributed by atoms with Gasteiger partial charge in [0.1, 0.15) is 11.8 Å². The van der Waals surface area contributed by atoms with Crippen LogP contribution in [-0.4, -0.2) is 57.0 Å². The number of nitrogens with zero attached hydrogens (tertiary/aromatic N) is 5. The molecule has 0 saturated carbocycles. The Kier molecular flexibility index (Phi) is 10.5. The predicted molar refractivity (Wildman–Crippen MR) is 172 cm³/mol. The maximum absolute atomic E-state index is 14.1. The number of amides is 2. The van der Waals surface area contributed by atoms with Crippen molar-refractivity contribution in [3.63, 3.8) is 0 Å². The number of aryl methyl sites for hydroxylation is 1. The second kappa shape index (κ2) is 14.0. The summed E-state index contributed by atoms with van der Waals surface area (Å²) in [5.41, 5.74) is -0.640. The highest BCUT2D eigenvalue weighted by Gasteiger charge is 2.33. The minimum Gasteiger partial charge on any atom is -0.473 e. The Hall–Kier alpha value is -3.97. The van der Waals surface area contributed by atoms with Crippen LogP contribution >= 0.6 is 0 Å². The molecule has 0 bridgehead atoms.